The van der Waals surface area contributed by atoms with Crippen LogP contribution in [-0.4, -0.2) is 43.3 Å². The number of nitrogens with two attached hydrogens (primary N) is 1. The summed E-state index contributed by atoms with van der Waals surface area (Å²) < 4.78 is 10.6. The molecule has 2 aliphatic heterocycles. The first-order valence-electron chi connectivity index (χ1n) is 8.27. The fourth-order valence-electron chi connectivity index (χ4n) is 2.86. The van der Waals surface area contributed by atoms with Gasteiger partial charge in [-0.1, -0.05) is 0 Å². The van der Waals surface area contributed by atoms with E-state index in [1.165, 1.54) is 0 Å². The van der Waals surface area contributed by atoms with Crippen molar-refractivity contribution < 1.29 is 19.1 Å². The molecule has 3 rings (SSSR count). The normalized spacial score (nSPS) is 22.8. The van der Waals surface area contributed by atoms with E-state index in [9.17, 15) is 9.59 Å². The zero-order chi connectivity index (χ0) is 17.0. The highest BCUT2D eigenvalue weighted by Gasteiger charge is 2.35. The van der Waals surface area contributed by atoms with E-state index in [0.29, 0.717) is 44.0 Å². The lowest BCUT2D eigenvalue weighted by molar-refractivity contribution is -0.125. The van der Waals surface area contributed by atoms with Gasteiger partial charge in [-0.2, -0.15) is 0 Å². The molecule has 2 saturated heterocycles. The molecule has 2 aliphatic rings. The summed E-state index contributed by atoms with van der Waals surface area (Å²) in [6, 6.07) is 6.97. The summed E-state index contributed by atoms with van der Waals surface area (Å²) in [4.78, 5) is 24.3. The van der Waals surface area contributed by atoms with Crippen molar-refractivity contribution in [3.8, 4) is 0 Å². The third kappa shape index (κ3) is 3.92. The third-order valence-corrected chi connectivity index (χ3v) is 4.47. The lowest BCUT2D eigenvalue weighted by Crippen LogP contribution is -2.54. The minimum absolute atomic E-state index is 0.132. The van der Waals surface area contributed by atoms with Crippen LogP contribution in [-0.2, 0) is 19.1 Å². The van der Waals surface area contributed by atoms with Crippen molar-refractivity contribution in [1.82, 2.24) is 0 Å². The molecule has 0 aromatic heterocycles. The summed E-state index contributed by atoms with van der Waals surface area (Å²) in [5.41, 5.74) is 6.58. The SMILES string of the molecule is NC1(C(=O)Nc2ccc(NC(=O)C3CCCO3)cc2)CCOCC1. The molecule has 1 atom stereocenters. The number of nitrogens with one attached hydrogen (secondary N) is 2. The number of amides is 2. The summed E-state index contributed by atoms with van der Waals surface area (Å²) in [6.07, 6.45) is 2.31. The van der Waals surface area contributed by atoms with Gasteiger partial charge in [0.1, 0.15) is 11.6 Å². The minimum Gasteiger partial charge on any atom is -0.381 e. The first kappa shape index (κ1) is 16.9. The number of ether oxygens (including phenoxy) is 2. The Labute approximate surface area is 140 Å². The molecule has 2 heterocycles. The van der Waals surface area contributed by atoms with Crippen molar-refractivity contribution in [1.29, 1.82) is 0 Å². The van der Waals surface area contributed by atoms with Crippen molar-refractivity contribution in [2.24, 2.45) is 5.73 Å². The van der Waals surface area contributed by atoms with Crippen LogP contribution < -0.4 is 16.4 Å². The van der Waals surface area contributed by atoms with E-state index < -0.39 is 5.54 Å². The molecule has 4 N–H and O–H groups in total. The van der Waals surface area contributed by atoms with Gasteiger partial charge in [0.2, 0.25) is 5.91 Å². The summed E-state index contributed by atoms with van der Waals surface area (Å²) in [5.74, 6) is -0.339. The second kappa shape index (κ2) is 7.29. The molecule has 7 heteroatoms. The summed E-state index contributed by atoms with van der Waals surface area (Å²) >= 11 is 0. The maximum atomic E-state index is 12.3. The molecule has 1 unspecified atom stereocenters. The Kier molecular flexibility index (Phi) is 5.13. The predicted molar refractivity (Wildman–Crippen MR) is 89.6 cm³/mol. The number of carbonyl (C=O) groups is 2. The van der Waals surface area contributed by atoms with Gasteiger partial charge >= 0.3 is 0 Å². The van der Waals surface area contributed by atoms with E-state index in [1.54, 1.807) is 24.3 Å². The molecule has 1 aromatic carbocycles. The van der Waals surface area contributed by atoms with E-state index in [-0.39, 0.29) is 17.9 Å². The Morgan fingerprint density at radius 2 is 1.67 bits per heavy atom. The van der Waals surface area contributed by atoms with Gasteiger partial charge < -0.3 is 25.8 Å². The Morgan fingerprint density at radius 1 is 1.04 bits per heavy atom. The number of anilines is 2. The molecule has 7 nitrogen and oxygen atoms in total. The van der Waals surface area contributed by atoms with Gasteiger partial charge in [0.15, 0.2) is 0 Å². The second-order valence-electron chi connectivity index (χ2n) is 6.29. The van der Waals surface area contributed by atoms with Crippen molar-refractivity contribution in [2.75, 3.05) is 30.5 Å². The van der Waals surface area contributed by atoms with E-state index in [1.807, 2.05) is 0 Å². The van der Waals surface area contributed by atoms with Crippen LogP contribution in [0.4, 0.5) is 11.4 Å². The average Bonchev–Trinajstić information content (AvgIpc) is 3.12. The highest BCUT2D eigenvalue weighted by atomic mass is 16.5. The summed E-state index contributed by atoms with van der Waals surface area (Å²) in [5, 5.41) is 5.65. The van der Waals surface area contributed by atoms with Crippen molar-refractivity contribution in [3.05, 3.63) is 24.3 Å². The van der Waals surface area contributed by atoms with Gasteiger partial charge in [-0.25, -0.2) is 0 Å². The van der Waals surface area contributed by atoms with E-state index in [4.69, 9.17) is 15.2 Å². The highest BCUT2D eigenvalue weighted by Crippen LogP contribution is 2.21. The Morgan fingerprint density at radius 3 is 2.25 bits per heavy atom. The number of hydrogen-bond acceptors (Lipinski definition) is 5. The van der Waals surface area contributed by atoms with Crippen molar-refractivity contribution in [2.45, 2.75) is 37.3 Å². The number of rotatable bonds is 4. The highest BCUT2D eigenvalue weighted by molar-refractivity contribution is 5.98. The van der Waals surface area contributed by atoms with E-state index >= 15 is 0 Å². The summed E-state index contributed by atoms with van der Waals surface area (Å²) in [6.45, 7) is 1.63. The molecule has 1 aromatic rings. The standard InChI is InChI=1S/C17H23N3O4/c18-17(7-10-23-11-8-17)16(22)20-13-5-3-12(4-6-13)19-15(21)14-2-1-9-24-14/h3-6,14H,1-2,7-11,18H2,(H,19,21)(H,20,22). The maximum Gasteiger partial charge on any atom is 0.253 e. The topological polar surface area (TPSA) is 103 Å². The third-order valence-electron chi connectivity index (χ3n) is 4.47. The smallest absolute Gasteiger partial charge is 0.253 e. The quantitative estimate of drug-likeness (QED) is 0.769. The number of hydrogen-bond donors (Lipinski definition) is 3. The molecular weight excluding hydrogens is 310 g/mol. The second-order valence-corrected chi connectivity index (χ2v) is 6.29. The molecule has 2 fully saturated rings. The average molecular weight is 333 g/mol. The van der Waals surface area contributed by atoms with Crippen LogP contribution in [0.15, 0.2) is 24.3 Å². The van der Waals surface area contributed by atoms with Crippen LogP contribution in [0.25, 0.3) is 0 Å². The minimum atomic E-state index is -0.884. The predicted octanol–water partition coefficient (Wildman–Crippen LogP) is 1.25. The van der Waals surface area contributed by atoms with Crippen molar-refractivity contribution >= 4 is 23.2 Å². The molecule has 0 aliphatic carbocycles. The van der Waals surface area contributed by atoms with Gasteiger partial charge in [0.25, 0.3) is 5.91 Å². The fraction of sp³-hybridized carbons (Fsp3) is 0.529. The summed E-state index contributed by atoms with van der Waals surface area (Å²) in [7, 11) is 0. The van der Waals surface area contributed by atoms with Gasteiger partial charge in [0, 0.05) is 31.2 Å². The first-order valence-corrected chi connectivity index (χ1v) is 8.27. The fourth-order valence-corrected chi connectivity index (χ4v) is 2.86. The molecule has 0 spiro atoms. The molecule has 0 bridgehead atoms. The molecule has 24 heavy (non-hydrogen) atoms. The molecule has 0 radical (unpaired) electrons. The molecular formula is C17H23N3O4. The van der Waals surface area contributed by atoms with E-state index in [0.717, 1.165) is 12.8 Å². The van der Waals surface area contributed by atoms with Crippen molar-refractivity contribution in [3.63, 3.8) is 0 Å². The van der Waals surface area contributed by atoms with Crippen LogP contribution in [0.3, 0.4) is 0 Å². The van der Waals surface area contributed by atoms with Gasteiger partial charge in [-0.3, -0.25) is 9.59 Å². The van der Waals surface area contributed by atoms with Crippen LogP contribution in [0.5, 0.6) is 0 Å². The molecule has 0 saturated carbocycles. The zero-order valence-corrected chi connectivity index (χ0v) is 13.5. The Hall–Kier alpha value is -1.96. The van der Waals surface area contributed by atoms with Crippen LogP contribution >= 0.6 is 0 Å². The maximum absolute atomic E-state index is 12.3. The van der Waals surface area contributed by atoms with Gasteiger partial charge in [-0.05, 0) is 49.9 Å². The van der Waals surface area contributed by atoms with E-state index in [2.05, 4.69) is 10.6 Å². The Bertz CT molecular complexity index is 590. The van der Waals surface area contributed by atoms with Gasteiger partial charge in [-0.15, -0.1) is 0 Å². The van der Waals surface area contributed by atoms with Crippen LogP contribution in [0, 0.1) is 0 Å². The largest absolute Gasteiger partial charge is 0.381 e. The molecule has 2 amide bonds. The monoisotopic (exact) mass is 333 g/mol. The zero-order valence-electron chi connectivity index (χ0n) is 13.5. The number of carbonyl (C=O) groups excluding carboxylic acids is 2. The molecule has 130 valence electrons. The lowest BCUT2D eigenvalue weighted by atomic mass is 9.90. The Balaban J connectivity index is 1.56. The lowest BCUT2D eigenvalue weighted by Gasteiger charge is -2.31. The van der Waals surface area contributed by atoms with Crippen LogP contribution in [0.2, 0.25) is 0 Å². The first-order chi connectivity index (χ1) is 11.6. The van der Waals surface area contributed by atoms with Gasteiger partial charge in [0.05, 0.1) is 0 Å². The van der Waals surface area contributed by atoms with Crippen LogP contribution in [0.1, 0.15) is 25.7 Å². The number of benzene rings is 1.